The van der Waals surface area contributed by atoms with Gasteiger partial charge >= 0.3 is 5.97 Å². The summed E-state index contributed by atoms with van der Waals surface area (Å²) in [6, 6.07) is 13.1. The summed E-state index contributed by atoms with van der Waals surface area (Å²) in [5.41, 5.74) is 0. The fourth-order valence-corrected chi connectivity index (χ4v) is 7.32. The average Bonchev–Trinajstić information content (AvgIpc) is 3.24. The van der Waals surface area contributed by atoms with Crippen LogP contribution >= 0.6 is 0 Å². The number of hydrogen-bond acceptors (Lipinski definition) is 8. The van der Waals surface area contributed by atoms with Gasteiger partial charge in [-0.05, 0) is 127 Å². The van der Waals surface area contributed by atoms with Gasteiger partial charge in [0, 0.05) is 6.92 Å². The van der Waals surface area contributed by atoms with Gasteiger partial charge in [-0.1, -0.05) is 98.8 Å². The molecule has 0 amide bonds. The zero-order valence-corrected chi connectivity index (χ0v) is 37.6. The third-order valence-electron chi connectivity index (χ3n) is 10.8. The van der Waals surface area contributed by atoms with Crippen LogP contribution in [0.2, 0.25) is 0 Å². The van der Waals surface area contributed by atoms with E-state index in [4.69, 9.17) is 33.2 Å². The maximum atomic E-state index is 11.2. The molecule has 0 aliphatic carbocycles. The number of rotatable bonds is 33. The van der Waals surface area contributed by atoms with E-state index in [0.29, 0.717) is 46.2 Å². The number of benzene rings is 4. The van der Waals surface area contributed by atoms with Crippen molar-refractivity contribution in [2.75, 3.05) is 46.2 Å². The van der Waals surface area contributed by atoms with Crippen molar-refractivity contribution in [1.82, 2.24) is 0 Å². The molecule has 4 aromatic carbocycles. The normalized spacial score (nSPS) is 11.4. The molecule has 4 aromatic rings. The van der Waals surface area contributed by atoms with Gasteiger partial charge in [0.1, 0.15) is 0 Å². The van der Waals surface area contributed by atoms with Gasteiger partial charge in [-0.25, -0.2) is 0 Å². The average molecular weight is 817 g/mol. The summed E-state index contributed by atoms with van der Waals surface area (Å²) in [5, 5.41) is 6.43. The van der Waals surface area contributed by atoms with Crippen molar-refractivity contribution in [3.63, 3.8) is 0 Å². The van der Waals surface area contributed by atoms with E-state index in [0.717, 1.165) is 189 Å². The first-order valence-electron chi connectivity index (χ1n) is 23.4. The summed E-state index contributed by atoms with van der Waals surface area (Å²) >= 11 is 0. The highest BCUT2D eigenvalue weighted by Gasteiger charge is 2.20. The number of carbonyl (C=O) groups excluding carboxylic acids is 1. The van der Waals surface area contributed by atoms with Gasteiger partial charge in [0.15, 0.2) is 34.5 Å². The third kappa shape index (κ3) is 15.5. The van der Waals surface area contributed by atoms with Gasteiger partial charge < -0.3 is 33.2 Å². The van der Waals surface area contributed by atoms with Gasteiger partial charge in [0.05, 0.1) is 46.2 Å². The minimum absolute atomic E-state index is 0.228. The molecule has 8 heteroatoms. The quantitative estimate of drug-likeness (QED) is 0.0267. The minimum atomic E-state index is -0.228. The van der Waals surface area contributed by atoms with Crippen LogP contribution in [0.5, 0.6) is 34.5 Å². The highest BCUT2D eigenvalue weighted by atomic mass is 16.5. The molecule has 0 N–H and O–H groups in total. The summed E-state index contributed by atoms with van der Waals surface area (Å²) in [6.45, 7) is 16.7. The maximum absolute atomic E-state index is 11.2. The van der Waals surface area contributed by atoms with Crippen LogP contribution in [0.4, 0.5) is 0 Å². The van der Waals surface area contributed by atoms with E-state index in [2.05, 4.69) is 71.0 Å². The van der Waals surface area contributed by atoms with Crippen molar-refractivity contribution < 1.29 is 38.0 Å². The van der Waals surface area contributed by atoms with Crippen LogP contribution in [0, 0.1) is 0 Å². The number of unbranched alkanes of at least 4 members (excludes halogenated alkanes) is 13. The van der Waals surface area contributed by atoms with Crippen molar-refractivity contribution >= 4 is 38.3 Å². The molecule has 4 rings (SSSR count). The van der Waals surface area contributed by atoms with Gasteiger partial charge in [-0.15, -0.1) is 0 Å². The summed E-state index contributed by atoms with van der Waals surface area (Å²) in [5.74, 6) is 4.37. The first-order chi connectivity index (χ1) is 28.9. The monoisotopic (exact) mass is 817 g/mol. The van der Waals surface area contributed by atoms with Crippen molar-refractivity contribution in [3.8, 4) is 34.5 Å². The molecule has 0 radical (unpaired) electrons. The molecular formula is C51H76O8. The van der Waals surface area contributed by atoms with Crippen LogP contribution in [-0.2, 0) is 9.53 Å². The lowest BCUT2D eigenvalue weighted by atomic mass is 9.93. The number of carbonyl (C=O) groups is 1. The molecule has 0 unspecified atom stereocenters. The Labute approximate surface area is 355 Å². The zero-order valence-electron chi connectivity index (χ0n) is 37.6. The van der Waals surface area contributed by atoms with E-state index in [9.17, 15) is 4.79 Å². The summed E-state index contributed by atoms with van der Waals surface area (Å²) in [4.78, 5) is 11.2. The highest BCUT2D eigenvalue weighted by molar-refractivity contribution is 6.26. The second-order valence-corrected chi connectivity index (χ2v) is 15.9. The summed E-state index contributed by atoms with van der Waals surface area (Å²) in [7, 11) is 0. The zero-order chi connectivity index (χ0) is 42.1. The molecule has 0 aliphatic heterocycles. The lowest BCUT2D eigenvalue weighted by Gasteiger charge is -2.21. The molecule has 0 saturated carbocycles. The Morgan fingerprint density at radius 3 is 0.729 bits per heavy atom. The molecule has 0 heterocycles. The van der Waals surface area contributed by atoms with E-state index in [1.54, 1.807) is 0 Å². The Kier molecular flexibility index (Phi) is 22.3. The van der Waals surface area contributed by atoms with Crippen LogP contribution in [-0.4, -0.2) is 52.2 Å². The number of fused-ring (bicyclic) bond motifs is 6. The predicted octanol–water partition coefficient (Wildman–Crippen LogP) is 14.5. The van der Waals surface area contributed by atoms with Gasteiger partial charge in [-0.3, -0.25) is 4.79 Å². The molecule has 0 aliphatic rings. The second kappa shape index (κ2) is 27.6. The Bertz CT molecular complexity index is 1770. The molecular weight excluding hydrogens is 741 g/mol. The molecule has 8 nitrogen and oxygen atoms in total. The van der Waals surface area contributed by atoms with E-state index in [-0.39, 0.29) is 5.97 Å². The SMILES string of the molecule is CCCCCOc1cc2c3cc(OCCCCC)c(OCCCCC)cc3c3cc(OCCCCCCOC(C)=O)c(OCCCCC)cc3c2cc1OCCCCC. The molecule has 0 spiro atoms. The van der Waals surface area contributed by atoms with Crippen LogP contribution in [0.3, 0.4) is 0 Å². The molecule has 0 atom stereocenters. The lowest BCUT2D eigenvalue weighted by molar-refractivity contribution is -0.141. The standard InChI is InChI=1S/C51H76O8/c1-7-12-19-27-54-46-33-40-41-34-47(55-28-20-13-8-2)49(57-30-22-15-10-4)36-43(41)45-38-51(59-32-25-18-17-24-26-53-39(6)52)50(58-31-23-16-11-5)37-44(45)42(40)35-48(46)56-29-21-14-9-3/h33-38H,7-32H2,1-6H3. The smallest absolute Gasteiger partial charge is 0.302 e. The molecule has 0 aromatic heterocycles. The topological polar surface area (TPSA) is 81.7 Å². The first-order valence-corrected chi connectivity index (χ1v) is 23.4. The fourth-order valence-electron chi connectivity index (χ4n) is 7.32. The minimum Gasteiger partial charge on any atom is -0.490 e. The van der Waals surface area contributed by atoms with Crippen LogP contribution in [0.1, 0.15) is 164 Å². The van der Waals surface area contributed by atoms with Crippen LogP contribution in [0.15, 0.2) is 36.4 Å². The summed E-state index contributed by atoms with van der Waals surface area (Å²) < 4.78 is 44.5. The van der Waals surface area contributed by atoms with E-state index < -0.39 is 0 Å². The predicted molar refractivity (Wildman–Crippen MR) is 245 cm³/mol. The van der Waals surface area contributed by atoms with E-state index in [1.807, 2.05) is 0 Å². The molecule has 0 fully saturated rings. The Morgan fingerprint density at radius 2 is 0.525 bits per heavy atom. The van der Waals surface area contributed by atoms with Crippen molar-refractivity contribution in [1.29, 1.82) is 0 Å². The van der Waals surface area contributed by atoms with Crippen molar-refractivity contribution in [2.45, 2.75) is 164 Å². The number of ether oxygens (including phenoxy) is 7. The van der Waals surface area contributed by atoms with Crippen molar-refractivity contribution in [3.05, 3.63) is 36.4 Å². The third-order valence-corrected chi connectivity index (χ3v) is 10.8. The fraction of sp³-hybridized carbons (Fsp3) is 0.627. The van der Waals surface area contributed by atoms with Gasteiger partial charge in [0.25, 0.3) is 0 Å². The number of esters is 1. The number of hydrogen-bond donors (Lipinski definition) is 0. The maximum Gasteiger partial charge on any atom is 0.302 e. The van der Waals surface area contributed by atoms with Gasteiger partial charge in [0.2, 0.25) is 0 Å². The highest BCUT2D eigenvalue weighted by Crippen LogP contribution is 2.47. The van der Waals surface area contributed by atoms with Crippen LogP contribution in [0.25, 0.3) is 32.3 Å². The van der Waals surface area contributed by atoms with Crippen molar-refractivity contribution in [2.24, 2.45) is 0 Å². The molecule has 0 bridgehead atoms. The van der Waals surface area contributed by atoms with E-state index >= 15 is 0 Å². The van der Waals surface area contributed by atoms with E-state index in [1.165, 1.54) is 6.92 Å². The lowest BCUT2D eigenvalue weighted by Crippen LogP contribution is -2.05. The Hall–Kier alpha value is -4.07. The largest absolute Gasteiger partial charge is 0.490 e. The Balaban J connectivity index is 1.91. The second-order valence-electron chi connectivity index (χ2n) is 15.9. The molecule has 59 heavy (non-hydrogen) atoms. The van der Waals surface area contributed by atoms with Gasteiger partial charge in [-0.2, -0.15) is 0 Å². The summed E-state index contributed by atoms with van der Waals surface area (Å²) in [6.07, 6.45) is 19.9. The molecule has 0 saturated heterocycles. The molecule has 328 valence electrons. The Morgan fingerprint density at radius 1 is 0.322 bits per heavy atom. The van der Waals surface area contributed by atoms with Crippen LogP contribution < -0.4 is 28.4 Å². The first kappa shape index (κ1) is 47.6.